The summed E-state index contributed by atoms with van der Waals surface area (Å²) in [5.74, 6) is 0.852. The van der Waals surface area contributed by atoms with Crippen LogP contribution in [-0.4, -0.2) is 18.0 Å². The van der Waals surface area contributed by atoms with Gasteiger partial charge in [-0.15, -0.1) is 0 Å². The van der Waals surface area contributed by atoms with Gasteiger partial charge in [-0.3, -0.25) is 0 Å². The second-order valence-corrected chi connectivity index (χ2v) is 6.12. The molecule has 0 saturated carbocycles. The van der Waals surface area contributed by atoms with Crippen molar-refractivity contribution in [3.8, 4) is 0 Å². The predicted molar refractivity (Wildman–Crippen MR) is 81.8 cm³/mol. The van der Waals surface area contributed by atoms with Crippen molar-refractivity contribution in [1.82, 2.24) is 10.6 Å². The van der Waals surface area contributed by atoms with E-state index in [2.05, 4.69) is 71.4 Å². The van der Waals surface area contributed by atoms with Crippen molar-refractivity contribution in [1.29, 1.82) is 0 Å². The predicted octanol–water partition coefficient (Wildman–Crippen LogP) is 3.30. The maximum atomic E-state index is 4.58. The van der Waals surface area contributed by atoms with E-state index in [1.165, 1.54) is 5.56 Å². The number of benzene rings is 1. The van der Waals surface area contributed by atoms with Gasteiger partial charge in [0, 0.05) is 16.6 Å². The van der Waals surface area contributed by atoms with Crippen LogP contribution in [0.3, 0.4) is 0 Å². The Morgan fingerprint density at radius 3 is 2.61 bits per heavy atom. The molecule has 0 fully saturated rings. The van der Waals surface area contributed by atoms with E-state index in [9.17, 15) is 0 Å². The maximum absolute atomic E-state index is 4.58. The first-order valence-electron chi connectivity index (χ1n) is 6.21. The van der Waals surface area contributed by atoms with Gasteiger partial charge in [0.1, 0.15) is 0 Å². The first-order valence-corrected chi connectivity index (χ1v) is 7.01. The zero-order chi connectivity index (χ0) is 13.6. The van der Waals surface area contributed by atoms with Crippen LogP contribution in [0, 0.1) is 0 Å². The molecule has 0 aliphatic heterocycles. The minimum Gasteiger partial charge on any atom is -0.357 e. The third-order valence-electron chi connectivity index (χ3n) is 2.15. The summed E-state index contributed by atoms with van der Waals surface area (Å²) in [6, 6.07) is 8.21. The number of guanidine groups is 1. The number of rotatable bonds is 3. The molecule has 0 aromatic heterocycles. The van der Waals surface area contributed by atoms with Crippen molar-refractivity contribution in [2.75, 3.05) is 6.54 Å². The monoisotopic (exact) mass is 311 g/mol. The van der Waals surface area contributed by atoms with Gasteiger partial charge in [0.15, 0.2) is 5.96 Å². The Morgan fingerprint density at radius 2 is 2.06 bits per heavy atom. The molecule has 0 aliphatic carbocycles. The second kappa shape index (κ2) is 6.78. The van der Waals surface area contributed by atoms with Crippen LogP contribution in [0.5, 0.6) is 0 Å². The summed E-state index contributed by atoms with van der Waals surface area (Å²) in [4.78, 5) is 4.58. The molecule has 1 aromatic rings. The van der Waals surface area contributed by atoms with E-state index in [-0.39, 0.29) is 5.54 Å². The molecule has 1 aromatic carbocycles. The van der Waals surface area contributed by atoms with E-state index < -0.39 is 0 Å². The number of nitrogens with one attached hydrogen (secondary N) is 2. The summed E-state index contributed by atoms with van der Waals surface area (Å²) < 4.78 is 1.09. The van der Waals surface area contributed by atoms with Gasteiger partial charge < -0.3 is 10.6 Å². The highest BCUT2D eigenvalue weighted by molar-refractivity contribution is 9.10. The molecule has 0 saturated heterocycles. The maximum Gasteiger partial charge on any atom is 0.191 e. The van der Waals surface area contributed by atoms with Gasteiger partial charge in [0.05, 0.1) is 6.54 Å². The summed E-state index contributed by atoms with van der Waals surface area (Å²) in [6.45, 7) is 9.97. The van der Waals surface area contributed by atoms with E-state index in [1.54, 1.807) is 0 Å². The van der Waals surface area contributed by atoms with Gasteiger partial charge in [-0.05, 0) is 45.4 Å². The Bertz CT molecular complexity index is 408. The quantitative estimate of drug-likeness (QED) is 0.664. The average Bonchev–Trinajstić information content (AvgIpc) is 2.24. The minimum absolute atomic E-state index is 0.0122. The highest BCUT2D eigenvalue weighted by Crippen LogP contribution is 2.12. The Hall–Kier alpha value is -1.03. The molecule has 0 spiro atoms. The highest BCUT2D eigenvalue weighted by Gasteiger charge is 2.11. The summed E-state index contributed by atoms with van der Waals surface area (Å²) in [6.07, 6.45) is 0. The summed E-state index contributed by atoms with van der Waals surface area (Å²) >= 11 is 3.47. The largest absolute Gasteiger partial charge is 0.357 e. The fourth-order valence-electron chi connectivity index (χ4n) is 1.47. The van der Waals surface area contributed by atoms with Crippen LogP contribution in [0.1, 0.15) is 33.3 Å². The third kappa shape index (κ3) is 6.05. The van der Waals surface area contributed by atoms with Crippen LogP contribution in [0.2, 0.25) is 0 Å². The fourth-order valence-corrected chi connectivity index (χ4v) is 1.91. The van der Waals surface area contributed by atoms with Crippen molar-refractivity contribution in [3.63, 3.8) is 0 Å². The minimum atomic E-state index is 0.0122. The lowest BCUT2D eigenvalue weighted by Crippen LogP contribution is -2.47. The van der Waals surface area contributed by atoms with Crippen molar-refractivity contribution in [3.05, 3.63) is 34.3 Å². The molecule has 18 heavy (non-hydrogen) atoms. The number of aliphatic imine (C=N–C) groups is 1. The van der Waals surface area contributed by atoms with Crippen LogP contribution < -0.4 is 10.6 Å². The van der Waals surface area contributed by atoms with Crippen LogP contribution in [-0.2, 0) is 6.54 Å². The molecule has 0 amide bonds. The van der Waals surface area contributed by atoms with Crippen molar-refractivity contribution >= 4 is 21.9 Å². The van der Waals surface area contributed by atoms with Crippen molar-refractivity contribution < 1.29 is 0 Å². The molecular weight excluding hydrogens is 290 g/mol. The molecule has 2 N–H and O–H groups in total. The number of halogens is 1. The Morgan fingerprint density at radius 1 is 1.33 bits per heavy atom. The molecule has 0 aliphatic rings. The second-order valence-electron chi connectivity index (χ2n) is 5.20. The van der Waals surface area contributed by atoms with Gasteiger partial charge in [-0.2, -0.15) is 0 Å². The number of hydrogen-bond acceptors (Lipinski definition) is 1. The molecule has 0 atom stereocenters. The first-order chi connectivity index (χ1) is 8.40. The average molecular weight is 312 g/mol. The lowest BCUT2D eigenvalue weighted by Gasteiger charge is -2.23. The van der Waals surface area contributed by atoms with E-state index in [4.69, 9.17) is 0 Å². The Balaban J connectivity index is 2.71. The SMILES string of the molecule is CCNC(=NCc1cccc(Br)c1)NC(C)(C)C. The van der Waals surface area contributed by atoms with Crippen LogP contribution in [0.15, 0.2) is 33.7 Å². The van der Waals surface area contributed by atoms with E-state index in [0.29, 0.717) is 6.54 Å². The zero-order valence-corrected chi connectivity index (χ0v) is 13.1. The summed E-state index contributed by atoms with van der Waals surface area (Å²) in [5, 5.41) is 6.62. The van der Waals surface area contributed by atoms with E-state index in [0.717, 1.165) is 17.0 Å². The van der Waals surface area contributed by atoms with E-state index in [1.807, 2.05) is 12.1 Å². The first kappa shape index (κ1) is 15.0. The molecule has 0 unspecified atom stereocenters. The third-order valence-corrected chi connectivity index (χ3v) is 2.64. The standard InChI is InChI=1S/C14H22BrN3/c1-5-16-13(18-14(2,3)4)17-10-11-7-6-8-12(15)9-11/h6-9H,5,10H2,1-4H3,(H2,16,17,18). The van der Waals surface area contributed by atoms with Gasteiger partial charge in [-0.25, -0.2) is 4.99 Å². The molecule has 1 rings (SSSR count). The molecule has 3 nitrogen and oxygen atoms in total. The Labute approximate surface area is 118 Å². The summed E-state index contributed by atoms with van der Waals surface area (Å²) in [5.41, 5.74) is 1.20. The fraction of sp³-hybridized carbons (Fsp3) is 0.500. The van der Waals surface area contributed by atoms with Gasteiger partial charge in [0.2, 0.25) is 0 Å². The topological polar surface area (TPSA) is 36.4 Å². The van der Waals surface area contributed by atoms with Crippen molar-refractivity contribution in [2.24, 2.45) is 4.99 Å². The lowest BCUT2D eigenvalue weighted by molar-refractivity contribution is 0.501. The molecule has 0 heterocycles. The molecule has 4 heteroatoms. The smallest absolute Gasteiger partial charge is 0.191 e. The molecule has 100 valence electrons. The van der Waals surface area contributed by atoms with E-state index >= 15 is 0 Å². The van der Waals surface area contributed by atoms with Crippen LogP contribution in [0.25, 0.3) is 0 Å². The van der Waals surface area contributed by atoms with Crippen LogP contribution >= 0.6 is 15.9 Å². The molecular formula is C14H22BrN3. The Kier molecular flexibility index (Phi) is 5.66. The zero-order valence-electron chi connectivity index (χ0n) is 11.5. The number of nitrogens with zero attached hydrogens (tertiary/aromatic N) is 1. The van der Waals surface area contributed by atoms with Crippen LogP contribution in [0.4, 0.5) is 0 Å². The molecule has 0 bridgehead atoms. The number of hydrogen-bond donors (Lipinski definition) is 2. The van der Waals surface area contributed by atoms with Gasteiger partial charge >= 0.3 is 0 Å². The van der Waals surface area contributed by atoms with Gasteiger partial charge in [-0.1, -0.05) is 28.1 Å². The lowest BCUT2D eigenvalue weighted by atomic mass is 10.1. The highest BCUT2D eigenvalue weighted by atomic mass is 79.9. The summed E-state index contributed by atoms with van der Waals surface area (Å²) in [7, 11) is 0. The normalized spacial score (nSPS) is 12.4. The van der Waals surface area contributed by atoms with Crippen molar-refractivity contribution in [2.45, 2.75) is 39.8 Å². The van der Waals surface area contributed by atoms with Gasteiger partial charge in [0.25, 0.3) is 0 Å². The molecule has 0 radical (unpaired) electrons.